The summed E-state index contributed by atoms with van der Waals surface area (Å²) in [5, 5.41) is 16.8. The zero-order valence-electron chi connectivity index (χ0n) is 15.4. The molecule has 0 aliphatic rings. The minimum atomic E-state index is -0.573. The van der Waals surface area contributed by atoms with Gasteiger partial charge in [0.15, 0.2) is 6.20 Å². The summed E-state index contributed by atoms with van der Waals surface area (Å²) in [7, 11) is 0. The van der Waals surface area contributed by atoms with Gasteiger partial charge in [0.25, 0.3) is 5.03 Å². The van der Waals surface area contributed by atoms with Crippen LogP contribution in [0.1, 0.15) is 17.3 Å². The SMILES string of the molecule is CCOC(=O)c1c(-c2ccc(F)cc2)csc1NC(=O)CSc1cccc[n+]1[O-]. The summed E-state index contributed by atoms with van der Waals surface area (Å²) in [6.45, 7) is 1.87. The van der Waals surface area contributed by atoms with E-state index in [0.717, 1.165) is 11.8 Å². The van der Waals surface area contributed by atoms with Crippen molar-refractivity contribution in [2.75, 3.05) is 17.7 Å². The number of carbonyl (C=O) groups is 2. The summed E-state index contributed by atoms with van der Waals surface area (Å²) in [6.07, 6.45) is 1.35. The third-order valence-electron chi connectivity index (χ3n) is 3.82. The minimum absolute atomic E-state index is 0.00169. The largest absolute Gasteiger partial charge is 0.618 e. The first-order valence-electron chi connectivity index (χ1n) is 8.65. The molecule has 1 amide bonds. The number of rotatable bonds is 7. The van der Waals surface area contributed by atoms with Gasteiger partial charge in [0, 0.05) is 23.1 Å². The predicted octanol–water partition coefficient (Wildman–Crippen LogP) is 4.10. The van der Waals surface area contributed by atoms with Crippen LogP contribution in [-0.2, 0) is 9.53 Å². The topological polar surface area (TPSA) is 82.3 Å². The molecule has 0 saturated heterocycles. The van der Waals surface area contributed by atoms with Crippen LogP contribution in [0.3, 0.4) is 0 Å². The number of hydrogen-bond acceptors (Lipinski definition) is 6. The normalized spacial score (nSPS) is 10.6. The number of amides is 1. The molecule has 0 spiro atoms. The van der Waals surface area contributed by atoms with Crippen LogP contribution in [0.4, 0.5) is 9.39 Å². The number of nitrogens with zero attached hydrogens (tertiary/aromatic N) is 1. The van der Waals surface area contributed by atoms with Crippen LogP contribution in [0.5, 0.6) is 0 Å². The van der Waals surface area contributed by atoms with Gasteiger partial charge in [-0.15, -0.1) is 11.3 Å². The lowest BCUT2D eigenvalue weighted by molar-refractivity contribution is -0.645. The molecule has 150 valence electrons. The van der Waals surface area contributed by atoms with Gasteiger partial charge in [-0.25, -0.2) is 9.18 Å². The zero-order chi connectivity index (χ0) is 20.8. The second-order valence-corrected chi connectivity index (χ2v) is 7.66. The molecular formula is C20H17FN2O4S2. The van der Waals surface area contributed by atoms with Crippen molar-refractivity contribution in [3.05, 3.63) is 70.6 Å². The highest BCUT2D eigenvalue weighted by Gasteiger charge is 2.23. The second kappa shape index (κ2) is 9.53. The van der Waals surface area contributed by atoms with E-state index in [9.17, 15) is 19.2 Å². The molecule has 0 unspecified atom stereocenters. The molecule has 2 heterocycles. The molecule has 0 atom stereocenters. The lowest BCUT2D eigenvalue weighted by atomic mass is 10.0. The van der Waals surface area contributed by atoms with E-state index < -0.39 is 5.97 Å². The van der Waals surface area contributed by atoms with Crippen molar-refractivity contribution in [2.24, 2.45) is 0 Å². The quantitative estimate of drug-likeness (QED) is 0.263. The monoisotopic (exact) mass is 432 g/mol. The van der Waals surface area contributed by atoms with Crippen LogP contribution in [0.25, 0.3) is 11.1 Å². The van der Waals surface area contributed by atoms with Crippen molar-refractivity contribution in [2.45, 2.75) is 11.9 Å². The molecule has 6 nitrogen and oxygen atoms in total. The van der Waals surface area contributed by atoms with Crippen LogP contribution in [0, 0.1) is 11.0 Å². The van der Waals surface area contributed by atoms with Crippen molar-refractivity contribution in [3.8, 4) is 11.1 Å². The first-order valence-corrected chi connectivity index (χ1v) is 10.5. The van der Waals surface area contributed by atoms with Crippen molar-refractivity contribution in [3.63, 3.8) is 0 Å². The van der Waals surface area contributed by atoms with Crippen molar-refractivity contribution < 1.29 is 23.4 Å². The van der Waals surface area contributed by atoms with Gasteiger partial charge in [-0.05, 0) is 42.4 Å². The molecule has 9 heteroatoms. The Labute approximate surface area is 174 Å². The van der Waals surface area contributed by atoms with E-state index in [1.54, 1.807) is 42.6 Å². The highest BCUT2D eigenvalue weighted by Crippen LogP contribution is 2.36. The molecule has 0 bridgehead atoms. The maximum atomic E-state index is 13.2. The zero-order valence-corrected chi connectivity index (χ0v) is 17.0. The molecule has 0 aliphatic heterocycles. The number of ether oxygens (including phenoxy) is 1. The molecule has 0 saturated carbocycles. The summed E-state index contributed by atoms with van der Waals surface area (Å²) >= 11 is 2.27. The second-order valence-electron chi connectivity index (χ2n) is 5.78. The summed E-state index contributed by atoms with van der Waals surface area (Å²) in [5.41, 5.74) is 1.41. The molecule has 29 heavy (non-hydrogen) atoms. The van der Waals surface area contributed by atoms with Gasteiger partial charge in [-0.1, -0.05) is 12.1 Å². The Bertz CT molecular complexity index is 1020. The van der Waals surface area contributed by atoms with E-state index in [0.29, 0.717) is 25.9 Å². The fourth-order valence-corrected chi connectivity index (χ4v) is 4.21. The fraction of sp³-hybridized carbons (Fsp3) is 0.150. The van der Waals surface area contributed by atoms with Gasteiger partial charge < -0.3 is 15.3 Å². The Kier molecular flexibility index (Phi) is 6.84. The summed E-state index contributed by atoms with van der Waals surface area (Å²) in [6, 6.07) is 10.7. The maximum Gasteiger partial charge on any atom is 0.341 e. The number of carbonyl (C=O) groups excluding carboxylic acids is 2. The number of hydrogen-bond donors (Lipinski definition) is 1. The maximum absolute atomic E-state index is 13.2. The summed E-state index contributed by atoms with van der Waals surface area (Å²) < 4.78 is 19.1. The van der Waals surface area contributed by atoms with E-state index in [1.807, 2.05) is 0 Å². The number of anilines is 1. The molecule has 3 rings (SSSR count). The Morgan fingerprint density at radius 2 is 2.00 bits per heavy atom. The summed E-state index contributed by atoms with van der Waals surface area (Å²) in [4.78, 5) is 24.9. The molecule has 0 aliphatic carbocycles. The standard InChI is InChI=1S/C20H17FN2O4S2/c1-2-27-20(25)18-15(13-6-8-14(21)9-7-13)11-29-19(18)22-16(24)12-28-17-5-3-4-10-23(17)26/h3-11H,2,12H2,1H3,(H,22,24). The molecule has 3 aromatic rings. The number of halogens is 1. The third kappa shape index (κ3) is 5.12. The number of nitrogens with one attached hydrogen (secondary N) is 1. The smallest absolute Gasteiger partial charge is 0.341 e. The Balaban J connectivity index is 1.81. The Morgan fingerprint density at radius 1 is 1.24 bits per heavy atom. The predicted molar refractivity (Wildman–Crippen MR) is 110 cm³/mol. The van der Waals surface area contributed by atoms with Crippen LogP contribution in [-0.4, -0.2) is 24.2 Å². The Hall–Kier alpha value is -2.91. The number of pyridine rings is 1. The fourth-order valence-electron chi connectivity index (χ4n) is 2.52. The van der Waals surface area contributed by atoms with Gasteiger partial charge in [0.2, 0.25) is 5.91 Å². The van der Waals surface area contributed by atoms with Crippen molar-refractivity contribution >= 4 is 40.0 Å². The van der Waals surface area contributed by atoms with Crippen LogP contribution in [0.15, 0.2) is 59.1 Å². The first-order chi connectivity index (χ1) is 14.0. The third-order valence-corrected chi connectivity index (χ3v) is 5.73. The molecule has 0 radical (unpaired) electrons. The van der Waals surface area contributed by atoms with Gasteiger partial charge >= 0.3 is 5.97 Å². The number of thioether (sulfide) groups is 1. The van der Waals surface area contributed by atoms with Crippen molar-refractivity contribution in [1.29, 1.82) is 0 Å². The number of aromatic nitrogens is 1. The van der Waals surface area contributed by atoms with Crippen LogP contribution < -0.4 is 10.0 Å². The molecule has 1 N–H and O–H groups in total. The van der Waals surface area contributed by atoms with Crippen LogP contribution in [0.2, 0.25) is 0 Å². The van der Waals surface area contributed by atoms with E-state index in [4.69, 9.17) is 4.74 Å². The summed E-state index contributed by atoms with van der Waals surface area (Å²) in [5.74, 6) is -1.32. The first kappa shape index (κ1) is 20.8. The average molecular weight is 432 g/mol. The Morgan fingerprint density at radius 3 is 2.69 bits per heavy atom. The van der Waals surface area contributed by atoms with E-state index in [2.05, 4.69) is 5.32 Å². The number of esters is 1. The van der Waals surface area contributed by atoms with E-state index >= 15 is 0 Å². The van der Waals surface area contributed by atoms with Crippen LogP contribution >= 0.6 is 23.1 Å². The molecular weight excluding hydrogens is 415 g/mol. The number of benzene rings is 1. The van der Waals surface area contributed by atoms with Gasteiger partial charge in [-0.2, -0.15) is 4.73 Å². The highest BCUT2D eigenvalue weighted by atomic mass is 32.2. The lowest BCUT2D eigenvalue weighted by Crippen LogP contribution is -2.28. The van der Waals surface area contributed by atoms with Gasteiger partial charge in [0.1, 0.15) is 16.4 Å². The molecule has 2 aromatic heterocycles. The molecule has 0 fully saturated rings. The van der Waals surface area contributed by atoms with E-state index in [-0.39, 0.29) is 29.6 Å². The average Bonchev–Trinajstić information content (AvgIpc) is 3.11. The lowest BCUT2D eigenvalue weighted by Gasteiger charge is -2.09. The highest BCUT2D eigenvalue weighted by molar-refractivity contribution is 7.99. The molecule has 1 aromatic carbocycles. The minimum Gasteiger partial charge on any atom is -0.618 e. The number of thiophene rings is 1. The van der Waals surface area contributed by atoms with Gasteiger partial charge in [0.05, 0.1) is 12.4 Å². The van der Waals surface area contributed by atoms with Gasteiger partial charge in [-0.3, -0.25) is 4.79 Å². The van der Waals surface area contributed by atoms with Crippen molar-refractivity contribution in [1.82, 2.24) is 0 Å². The van der Waals surface area contributed by atoms with E-state index in [1.165, 1.54) is 29.7 Å².